The largest absolute Gasteiger partial charge is 0.508 e. The van der Waals surface area contributed by atoms with E-state index in [4.69, 9.17) is 17.0 Å². The first kappa shape index (κ1) is 18.3. The Labute approximate surface area is 140 Å². The van der Waals surface area contributed by atoms with Crippen molar-refractivity contribution in [3.63, 3.8) is 0 Å². The molecule has 0 bridgehead atoms. The number of esters is 1. The van der Waals surface area contributed by atoms with Gasteiger partial charge in [0.1, 0.15) is 11.7 Å². The number of phenols is 1. The summed E-state index contributed by atoms with van der Waals surface area (Å²) in [5, 5.41) is 23.3. The molecule has 2 rings (SSSR count). The molecule has 24 heavy (non-hydrogen) atoms. The molecule has 0 amide bonds. The van der Waals surface area contributed by atoms with Gasteiger partial charge in [-0.2, -0.15) is 13.2 Å². The molecule has 1 aliphatic rings. The standard InChI is InChI=1S/C14H15F3N2O4S/c1-2-23-11(21)9-10(7-3-5-8(20)6-4-7)18-12(24)19-13(9,22)14(15,16)17/h3-6,9-10,20,22H,2H2,1H3,(H2,18,19,24)/t9-,10+,13-/m0/s1. The first-order valence-electron chi connectivity index (χ1n) is 6.93. The maximum absolute atomic E-state index is 13.5. The van der Waals surface area contributed by atoms with Crippen LogP contribution in [0.25, 0.3) is 0 Å². The molecule has 1 fully saturated rings. The molecule has 0 aromatic heterocycles. The van der Waals surface area contributed by atoms with E-state index in [9.17, 15) is 28.2 Å². The first-order chi connectivity index (χ1) is 11.1. The summed E-state index contributed by atoms with van der Waals surface area (Å²) in [6, 6.07) is 3.84. The van der Waals surface area contributed by atoms with Crippen molar-refractivity contribution in [2.24, 2.45) is 5.92 Å². The van der Waals surface area contributed by atoms with Crippen LogP contribution in [0.1, 0.15) is 18.5 Å². The Balaban J connectivity index is 2.55. The van der Waals surface area contributed by atoms with Gasteiger partial charge in [0.05, 0.1) is 12.6 Å². The van der Waals surface area contributed by atoms with Crippen molar-refractivity contribution in [1.82, 2.24) is 10.6 Å². The highest BCUT2D eigenvalue weighted by atomic mass is 32.1. The predicted molar refractivity (Wildman–Crippen MR) is 80.8 cm³/mol. The number of hydrogen-bond acceptors (Lipinski definition) is 5. The van der Waals surface area contributed by atoms with E-state index in [2.05, 4.69) is 5.32 Å². The minimum absolute atomic E-state index is 0.103. The molecule has 1 heterocycles. The number of carbonyl (C=O) groups is 1. The van der Waals surface area contributed by atoms with Crippen molar-refractivity contribution in [2.45, 2.75) is 24.9 Å². The van der Waals surface area contributed by atoms with Crippen LogP contribution in [0.5, 0.6) is 5.75 Å². The van der Waals surface area contributed by atoms with Gasteiger partial charge in [-0.15, -0.1) is 0 Å². The monoisotopic (exact) mass is 364 g/mol. The normalized spacial score (nSPS) is 27.1. The number of nitrogens with one attached hydrogen (secondary N) is 2. The number of ether oxygens (including phenoxy) is 1. The zero-order valence-corrected chi connectivity index (χ0v) is 13.2. The highest BCUT2D eigenvalue weighted by molar-refractivity contribution is 7.80. The van der Waals surface area contributed by atoms with Crippen LogP contribution in [0.15, 0.2) is 24.3 Å². The van der Waals surface area contributed by atoms with Gasteiger partial charge < -0.3 is 25.6 Å². The number of thiocarbonyl (C=S) groups is 1. The fourth-order valence-corrected chi connectivity index (χ4v) is 2.78. The zero-order chi connectivity index (χ0) is 18.1. The van der Waals surface area contributed by atoms with Crippen molar-refractivity contribution in [3.8, 4) is 5.75 Å². The number of rotatable bonds is 3. The first-order valence-corrected chi connectivity index (χ1v) is 7.34. The molecule has 0 aliphatic carbocycles. The van der Waals surface area contributed by atoms with Gasteiger partial charge in [-0.25, -0.2) is 0 Å². The van der Waals surface area contributed by atoms with Crippen LogP contribution < -0.4 is 10.6 Å². The molecule has 1 aliphatic heterocycles. The number of aromatic hydroxyl groups is 1. The van der Waals surface area contributed by atoms with Crippen LogP contribution in [0, 0.1) is 5.92 Å². The highest BCUT2D eigenvalue weighted by Crippen LogP contribution is 2.43. The lowest BCUT2D eigenvalue weighted by atomic mass is 9.82. The van der Waals surface area contributed by atoms with E-state index in [1.165, 1.54) is 31.2 Å². The van der Waals surface area contributed by atoms with Crippen LogP contribution in [0.4, 0.5) is 13.2 Å². The van der Waals surface area contributed by atoms with Crippen molar-refractivity contribution < 1.29 is 32.9 Å². The molecule has 4 N–H and O–H groups in total. The second kappa shape index (κ2) is 6.44. The summed E-state index contributed by atoms with van der Waals surface area (Å²) in [6.07, 6.45) is -5.19. The molecule has 10 heteroatoms. The van der Waals surface area contributed by atoms with Crippen molar-refractivity contribution in [1.29, 1.82) is 0 Å². The number of aliphatic hydroxyl groups is 1. The molecule has 0 spiro atoms. The van der Waals surface area contributed by atoms with E-state index < -0.39 is 34.9 Å². The summed E-state index contributed by atoms with van der Waals surface area (Å²) in [6.45, 7) is 1.28. The Morgan fingerprint density at radius 1 is 1.38 bits per heavy atom. The summed E-state index contributed by atoms with van der Waals surface area (Å²) < 4.78 is 45.1. The van der Waals surface area contributed by atoms with Crippen molar-refractivity contribution in [3.05, 3.63) is 29.8 Å². The van der Waals surface area contributed by atoms with E-state index in [-0.39, 0.29) is 17.9 Å². The quantitative estimate of drug-likeness (QED) is 0.475. The molecule has 3 atom stereocenters. The van der Waals surface area contributed by atoms with Gasteiger partial charge >= 0.3 is 12.1 Å². The fraction of sp³-hybridized carbons (Fsp3) is 0.429. The molecule has 132 valence electrons. The summed E-state index contributed by atoms with van der Waals surface area (Å²) >= 11 is 4.75. The SMILES string of the molecule is CCOC(=O)[C@@H]1[C@@H](c2ccc(O)cc2)NC(=S)N[C@@]1(O)C(F)(F)F. The van der Waals surface area contributed by atoms with E-state index in [1.807, 2.05) is 0 Å². The minimum atomic E-state index is -5.19. The topological polar surface area (TPSA) is 90.8 Å². The number of hydrogen-bond donors (Lipinski definition) is 4. The van der Waals surface area contributed by atoms with Crippen LogP contribution in [0.2, 0.25) is 0 Å². The molecule has 0 radical (unpaired) electrons. The lowest BCUT2D eigenvalue weighted by molar-refractivity contribution is -0.292. The Kier molecular flexibility index (Phi) is 4.90. The van der Waals surface area contributed by atoms with Crippen LogP contribution in [-0.4, -0.2) is 39.8 Å². The summed E-state index contributed by atoms with van der Waals surface area (Å²) in [7, 11) is 0. The van der Waals surface area contributed by atoms with E-state index >= 15 is 0 Å². The zero-order valence-electron chi connectivity index (χ0n) is 12.4. The van der Waals surface area contributed by atoms with Gasteiger partial charge in [-0.05, 0) is 36.8 Å². The second-order valence-electron chi connectivity index (χ2n) is 5.16. The van der Waals surface area contributed by atoms with Gasteiger partial charge in [0.2, 0.25) is 0 Å². The van der Waals surface area contributed by atoms with Gasteiger partial charge in [-0.3, -0.25) is 4.79 Å². The Bertz CT molecular complexity index is 638. The third-order valence-corrected chi connectivity index (χ3v) is 3.82. The van der Waals surface area contributed by atoms with Gasteiger partial charge in [0.25, 0.3) is 5.72 Å². The Morgan fingerprint density at radius 3 is 2.46 bits per heavy atom. The van der Waals surface area contributed by atoms with E-state index in [0.29, 0.717) is 0 Å². The molecule has 1 aromatic carbocycles. The average molecular weight is 364 g/mol. The van der Waals surface area contributed by atoms with E-state index in [0.717, 1.165) is 0 Å². The number of carbonyl (C=O) groups excluding carboxylic acids is 1. The lowest BCUT2D eigenvalue weighted by Crippen LogP contribution is -2.73. The van der Waals surface area contributed by atoms with Gasteiger partial charge in [-0.1, -0.05) is 12.1 Å². The minimum Gasteiger partial charge on any atom is -0.508 e. The highest BCUT2D eigenvalue weighted by Gasteiger charge is 2.66. The molecular formula is C14H15F3N2O4S. The Morgan fingerprint density at radius 2 is 1.96 bits per heavy atom. The smallest absolute Gasteiger partial charge is 0.437 e. The molecule has 0 unspecified atom stereocenters. The van der Waals surface area contributed by atoms with Gasteiger partial charge in [0, 0.05) is 0 Å². The molecule has 1 aromatic rings. The number of alkyl halides is 3. The predicted octanol–water partition coefficient (Wildman–Crippen LogP) is 1.34. The maximum atomic E-state index is 13.5. The average Bonchev–Trinajstić information content (AvgIpc) is 2.46. The lowest BCUT2D eigenvalue weighted by Gasteiger charge is -2.45. The van der Waals surface area contributed by atoms with Crippen molar-refractivity contribution >= 4 is 23.3 Å². The van der Waals surface area contributed by atoms with Crippen molar-refractivity contribution in [2.75, 3.05) is 6.61 Å². The third kappa shape index (κ3) is 3.24. The summed E-state index contributed by atoms with van der Waals surface area (Å²) in [5.41, 5.74) is -3.37. The third-order valence-electron chi connectivity index (χ3n) is 3.60. The van der Waals surface area contributed by atoms with Gasteiger partial charge in [0.15, 0.2) is 5.11 Å². The second-order valence-corrected chi connectivity index (χ2v) is 5.57. The molecular weight excluding hydrogens is 349 g/mol. The maximum Gasteiger partial charge on any atom is 0.437 e. The molecule has 0 saturated carbocycles. The van der Waals surface area contributed by atoms with Crippen LogP contribution >= 0.6 is 12.2 Å². The summed E-state index contributed by atoms with van der Waals surface area (Å²) in [4.78, 5) is 12.2. The molecule has 6 nitrogen and oxygen atoms in total. The van der Waals surface area contributed by atoms with Crippen LogP contribution in [-0.2, 0) is 9.53 Å². The Hall–Kier alpha value is -2.07. The molecule has 1 saturated heterocycles. The number of benzene rings is 1. The number of phenolic OH excluding ortho intramolecular Hbond substituents is 1. The summed E-state index contributed by atoms with van der Waals surface area (Å²) in [5.74, 6) is -3.39. The van der Waals surface area contributed by atoms with Crippen LogP contribution in [0.3, 0.4) is 0 Å². The fourth-order valence-electron chi connectivity index (χ4n) is 2.50. The number of halogens is 3. The van der Waals surface area contributed by atoms with E-state index in [1.54, 1.807) is 5.32 Å².